The van der Waals surface area contributed by atoms with Gasteiger partial charge in [-0.2, -0.15) is 0 Å². The van der Waals surface area contributed by atoms with Gasteiger partial charge in [0, 0.05) is 16.5 Å². The third-order valence-corrected chi connectivity index (χ3v) is 3.75. The van der Waals surface area contributed by atoms with Crippen LogP contribution in [0.15, 0.2) is 47.4 Å². The Morgan fingerprint density at radius 3 is 2.33 bits per heavy atom. The van der Waals surface area contributed by atoms with E-state index in [0.717, 1.165) is 4.90 Å². The molecule has 2 aromatic rings. The number of amides is 1. The lowest BCUT2D eigenvalue weighted by molar-refractivity contribution is 0.102. The maximum Gasteiger partial charge on any atom is 0.255 e. The van der Waals surface area contributed by atoms with Crippen LogP contribution in [0.5, 0.6) is 11.5 Å². The number of carbonyl (C=O) groups excluding carboxylic acids is 1. The number of hydrogen-bond acceptors (Lipinski definition) is 4. The maximum atomic E-state index is 12.3. The van der Waals surface area contributed by atoms with Crippen molar-refractivity contribution in [2.75, 3.05) is 25.8 Å². The second kappa shape index (κ2) is 7.04. The first-order chi connectivity index (χ1) is 10.2. The lowest BCUT2D eigenvalue weighted by Gasteiger charge is -2.12. The van der Waals surface area contributed by atoms with Gasteiger partial charge in [-0.05, 0) is 42.7 Å². The Bertz CT molecular complexity index is 626. The summed E-state index contributed by atoms with van der Waals surface area (Å²) in [4.78, 5) is 13.4. The molecule has 1 N–H and O–H groups in total. The van der Waals surface area contributed by atoms with E-state index in [1.807, 2.05) is 18.4 Å². The maximum absolute atomic E-state index is 12.3. The molecular weight excluding hydrogens is 286 g/mol. The quantitative estimate of drug-likeness (QED) is 0.856. The van der Waals surface area contributed by atoms with Crippen molar-refractivity contribution in [3.05, 3.63) is 48.0 Å². The van der Waals surface area contributed by atoms with E-state index in [1.165, 1.54) is 0 Å². The average Bonchev–Trinajstić information content (AvgIpc) is 2.54. The predicted molar refractivity (Wildman–Crippen MR) is 85.7 cm³/mol. The van der Waals surface area contributed by atoms with Gasteiger partial charge in [0.05, 0.1) is 19.9 Å². The summed E-state index contributed by atoms with van der Waals surface area (Å²) in [5.41, 5.74) is 1.17. The highest BCUT2D eigenvalue weighted by Crippen LogP contribution is 2.29. The van der Waals surface area contributed by atoms with Crippen molar-refractivity contribution in [2.24, 2.45) is 0 Å². The van der Waals surface area contributed by atoms with Crippen molar-refractivity contribution < 1.29 is 14.3 Å². The van der Waals surface area contributed by atoms with Gasteiger partial charge in [-0.15, -0.1) is 11.8 Å². The molecule has 4 nitrogen and oxygen atoms in total. The number of carbonyl (C=O) groups is 1. The summed E-state index contributed by atoms with van der Waals surface area (Å²) >= 11 is 1.64. The summed E-state index contributed by atoms with van der Waals surface area (Å²) in [6.07, 6.45) is 2.00. The Morgan fingerprint density at radius 2 is 1.76 bits per heavy atom. The first kappa shape index (κ1) is 15.3. The van der Waals surface area contributed by atoms with E-state index in [4.69, 9.17) is 9.47 Å². The van der Waals surface area contributed by atoms with Crippen LogP contribution in [0.1, 0.15) is 10.4 Å². The number of hydrogen-bond donors (Lipinski definition) is 1. The lowest BCUT2D eigenvalue weighted by Crippen LogP contribution is -2.12. The third kappa shape index (κ3) is 3.70. The molecule has 1 amide bonds. The normalized spacial score (nSPS) is 10.0. The molecule has 0 fully saturated rings. The summed E-state index contributed by atoms with van der Waals surface area (Å²) in [5, 5.41) is 2.84. The fourth-order valence-electron chi connectivity index (χ4n) is 1.85. The molecule has 0 saturated carbocycles. The van der Waals surface area contributed by atoms with Crippen molar-refractivity contribution in [1.82, 2.24) is 0 Å². The van der Waals surface area contributed by atoms with Gasteiger partial charge in [-0.3, -0.25) is 4.79 Å². The van der Waals surface area contributed by atoms with Gasteiger partial charge in [0.1, 0.15) is 11.5 Å². The van der Waals surface area contributed by atoms with E-state index in [0.29, 0.717) is 22.7 Å². The molecular formula is C16H17NO3S. The van der Waals surface area contributed by atoms with Crippen LogP contribution in [0.25, 0.3) is 0 Å². The van der Waals surface area contributed by atoms with E-state index in [2.05, 4.69) is 5.32 Å². The molecule has 110 valence electrons. The molecule has 0 aromatic heterocycles. The van der Waals surface area contributed by atoms with Crippen LogP contribution in [-0.4, -0.2) is 26.4 Å². The standard InChI is InChI=1S/C16H17NO3S/c1-19-12-6-9-15(20-2)14(10-12)17-16(18)11-4-7-13(21-3)8-5-11/h4-10H,1-3H3,(H,17,18). The Morgan fingerprint density at radius 1 is 1.05 bits per heavy atom. The second-order valence-electron chi connectivity index (χ2n) is 4.25. The molecule has 0 aliphatic heterocycles. The fourth-order valence-corrected chi connectivity index (χ4v) is 2.26. The van der Waals surface area contributed by atoms with Gasteiger partial charge in [0.2, 0.25) is 0 Å². The number of nitrogens with one attached hydrogen (secondary N) is 1. The zero-order chi connectivity index (χ0) is 15.2. The zero-order valence-electron chi connectivity index (χ0n) is 12.2. The van der Waals surface area contributed by atoms with Gasteiger partial charge in [-0.25, -0.2) is 0 Å². The average molecular weight is 303 g/mol. The number of benzene rings is 2. The molecule has 2 rings (SSSR count). The minimum absolute atomic E-state index is 0.186. The first-order valence-corrected chi connectivity index (χ1v) is 7.58. The summed E-state index contributed by atoms with van der Waals surface area (Å²) < 4.78 is 10.4. The van der Waals surface area contributed by atoms with Gasteiger partial charge in [0.25, 0.3) is 5.91 Å². The molecule has 0 saturated heterocycles. The van der Waals surface area contributed by atoms with Crippen LogP contribution in [0.2, 0.25) is 0 Å². The minimum Gasteiger partial charge on any atom is -0.497 e. The Labute approximate surface area is 128 Å². The highest BCUT2D eigenvalue weighted by molar-refractivity contribution is 7.98. The van der Waals surface area contributed by atoms with Crippen molar-refractivity contribution >= 4 is 23.4 Å². The monoisotopic (exact) mass is 303 g/mol. The first-order valence-electron chi connectivity index (χ1n) is 6.35. The molecule has 21 heavy (non-hydrogen) atoms. The Hall–Kier alpha value is -2.14. The van der Waals surface area contributed by atoms with E-state index in [1.54, 1.807) is 56.3 Å². The molecule has 0 heterocycles. The van der Waals surface area contributed by atoms with Crippen molar-refractivity contribution in [1.29, 1.82) is 0 Å². The Kier molecular flexibility index (Phi) is 5.11. The van der Waals surface area contributed by atoms with Crippen molar-refractivity contribution in [3.63, 3.8) is 0 Å². The van der Waals surface area contributed by atoms with Crippen LogP contribution >= 0.6 is 11.8 Å². The molecule has 0 unspecified atom stereocenters. The number of rotatable bonds is 5. The summed E-state index contributed by atoms with van der Waals surface area (Å²) in [7, 11) is 3.14. The smallest absolute Gasteiger partial charge is 0.255 e. The molecule has 0 bridgehead atoms. The van der Waals surface area contributed by atoms with E-state index < -0.39 is 0 Å². The summed E-state index contributed by atoms with van der Waals surface area (Å²) in [6, 6.07) is 12.7. The van der Waals surface area contributed by atoms with E-state index >= 15 is 0 Å². The number of ether oxygens (including phenoxy) is 2. The topological polar surface area (TPSA) is 47.6 Å². The van der Waals surface area contributed by atoms with Gasteiger partial charge in [-0.1, -0.05) is 0 Å². The highest BCUT2D eigenvalue weighted by atomic mass is 32.2. The predicted octanol–water partition coefficient (Wildman–Crippen LogP) is 3.68. The molecule has 5 heteroatoms. The minimum atomic E-state index is -0.186. The molecule has 0 atom stereocenters. The number of methoxy groups -OCH3 is 2. The van der Waals surface area contributed by atoms with Crippen molar-refractivity contribution in [3.8, 4) is 11.5 Å². The van der Waals surface area contributed by atoms with Gasteiger partial charge < -0.3 is 14.8 Å². The lowest BCUT2D eigenvalue weighted by atomic mass is 10.2. The largest absolute Gasteiger partial charge is 0.497 e. The van der Waals surface area contributed by atoms with Crippen LogP contribution in [0.4, 0.5) is 5.69 Å². The third-order valence-electron chi connectivity index (χ3n) is 3.01. The number of anilines is 1. The SMILES string of the molecule is COc1ccc(OC)c(NC(=O)c2ccc(SC)cc2)c1. The van der Waals surface area contributed by atoms with Gasteiger partial charge >= 0.3 is 0 Å². The van der Waals surface area contributed by atoms with Crippen LogP contribution in [-0.2, 0) is 0 Å². The molecule has 0 spiro atoms. The highest BCUT2D eigenvalue weighted by Gasteiger charge is 2.11. The number of thioether (sulfide) groups is 1. The molecule has 0 aliphatic carbocycles. The zero-order valence-corrected chi connectivity index (χ0v) is 13.0. The summed E-state index contributed by atoms with van der Waals surface area (Å²) in [6.45, 7) is 0. The fraction of sp³-hybridized carbons (Fsp3) is 0.188. The van der Waals surface area contributed by atoms with Crippen LogP contribution < -0.4 is 14.8 Å². The van der Waals surface area contributed by atoms with Crippen LogP contribution in [0.3, 0.4) is 0 Å². The summed E-state index contributed by atoms with van der Waals surface area (Å²) in [5.74, 6) is 1.06. The molecule has 2 aromatic carbocycles. The van der Waals surface area contributed by atoms with E-state index in [9.17, 15) is 4.79 Å². The molecule has 0 radical (unpaired) electrons. The Balaban J connectivity index is 2.21. The van der Waals surface area contributed by atoms with E-state index in [-0.39, 0.29) is 5.91 Å². The van der Waals surface area contributed by atoms with Crippen LogP contribution in [0, 0.1) is 0 Å². The van der Waals surface area contributed by atoms with Gasteiger partial charge in [0.15, 0.2) is 0 Å². The molecule has 0 aliphatic rings. The van der Waals surface area contributed by atoms with Crippen molar-refractivity contribution in [2.45, 2.75) is 4.90 Å². The second-order valence-corrected chi connectivity index (χ2v) is 5.13.